The summed E-state index contributed by atoms with van der Waals surface area (Å²) < 4.78 is 2.21. The molecule has 0 spiro atoms. The van der Waals surface area contributed by atoms with Crippen molar-refractivity contribution in [3.05, 3.63) is 42.5 Å². The summed E-state index contributed by atoms with van der Waals surface area (Å²) in [5, 5.41) is 3.49. The monoisotopic (exact) mass is 256 g/mol. The van der Waals surface area contributed by atoms with Gasteiger partial charge in [0.2, 0.25) is 0 Å². The van der Waals surface area contributed by atoms with Gasteiger partial charge < -0.3 is 14.8 Å². The first kappa shape index (κ1) is 12.1. The van der Waals surface area contributed by atoms with Crippen molar-refractivity contribution in [1.29, 1.82) is 0 Å². The van der Waals surface area contributed by atoms with Gasteiger partial charge in [-0.25, -0.2) is 4.98 Å². The number of rotatable bonds is 3. The lowest BCUT2D eigenvalue weighted by Crippen LogP contribution is -2.41. The second kappa shape index (κ2) is 4.96. The van der Waals surface area contributed by atoms with E-state index in [1.807, 2.05) is 12.5 Å². The molecular formula is C15H20N4. The zero-order valence-corrected chi connectivity index (χ0v) is 11.5. The van der Waals surface area contributed by atoms with E-state index in [-0.39, 0.29) is 0 Å². The fourth-order valence-electron chi connectivity index (χ4n) is 2.66. The normalized spacial score (nSPS) is 18.0. The van der Waals surface area contributed by atoms with Crippen molar-refractivity contribution in [3.63, 3.8) is 0 Å². The van der Waals surface area contributed by atoms with Gasteiger partial charge in [-0.05, 0) is 26.0 Å². The smallest absolute Gasteiger partial charge is 0.0948 e. The largest absolute Gasteiger partial charge is 0.381 e. The number of anilines is 2. The maximum absolute atomic E-state index is 4.26. The molecule has 0 fully saturated rings. The van der Waals surface area contributed by atoms with Gasteiger partial charge in [0.15, 0.2) is 0 Å². The fourth-order valence-corrected chi connectivity index (χ4v) is 2.66. The van der Waals surface area contributed by atoms with Crippen LogP contribution < -0.4 is 10.2 Å². The number of hydrogen-bond donors (Lipinski definition) is 1. The summed E-state index contributed by atoms with van der Waals surface area (Å²) >= 11 is 0. The van der Waals surface area contributed by atoms with Crippen LogP contribution in [0.15, 0.2) is 36.8 Å². The summed E-state index contributed by atoms with van der Waals surface area (Å²) in [5.74, 6) is 0. The Balaban J connectivity index is 1.92. The molecule has 2 heterocycles. The minimum atomic E-state index is 0.482. The number of imidazole rings is 1. The Morgan fingerprint density at radius 3 is 3.05 bits per heavy atom. The van der Waals surface area contributed by atoms with Crippen LogP contribution >= 0.6 is 0 Å². The molecule has 0 bridgehead atoms. The van der Waals surface area contributed by atoms with Crippen molar-refractivity contribution < 1.29 is 0 Å². The number of hydrogen-bond acceptors (Lipinski definition) is 3. The molecule has 0 saturated carbocycles. The van der Waals surface area contributed by atoms with E-state index in [1.54, 1.807) is 0 Å². The molecule has 19 heavy (non-hydrogen) atoms. The Kier molecular flexibility index (Phi) is 3.15. The van der Waals surface area contributed by atoms with Gasteiger partial charge in [0.1, 0.15) is 0 Å². The third kappa shape index (κ3) is 2.18. The second-order valence-electron chi connectivity index (χ2n) is 5.05. The van der Waals surface area contributed by atoms with Gasteiger partial charge in [-0.15, -0.1) is 0 Å². The van der Waals surface area contributed by atoms with E-state index in [1.165, 1.54) is 17.1 Å². The van der Waals surface area contributed by atoms with Crippen LogP contribution in [0.4, 0.5) is 11.4 Å². The molecule has 1 unspecified atom stereocenters. The third-order valence-corrected chi connectivity index (χ3v) is 3.81. The van der Waals surface area contributed by atoms with Crippen LogP contribution in [0, 0.1) is 0 Å². The van der Waals surface area contributed by atoms with Gasteiger partial charge in [-0.3, -0.25) is 0 Å². The van der Waals surface area contributed by atoms with Crippen LogP contribution in [0.1, 0.15) is 19.5 Å². The van der Waals surface area contributed by atoms with Crippen molar-refractivity contribution in [1.82, 2.24) is 9.55 Å². The number of aromatic nitrogens is 2. The van der Waals surface area contributed by atoms with E-state index in [2.05, 4.69) is 57.9 Å². The molecule has 1 atom stereocenters. The van der Waals surface area contributed by atoms with Crippen LogP contribution in [0.25, 0.3) is 0 Å². The number of aryl methyl sites for hydroxylation is 1. The predicted octanol–water partition coefficient (Wildman–Crippen LogP) is 2.72. The summed E-state index contributed by atoms with van der Waals surface area (Å²) in [5.41, 5.74) is 3.78. The minimum absolute atomic E-state index is 0.482. The molecule has 1 aromatic heterocycles. The van der Waals surface area contributed by atoms with E-state index < -0.39 is 0 Å². The molecule has 2 aromatic rings. The Morgan fingerprint density at radius 1 is 1.37 bits per heavy atom. The maximum atomic E-state index is 4.26. The Hall–Kier alpha value is -1.97. The summed E-state index contributed by atoms with van der Waals surface area (Å²) in [6, 6.07) is 8.99. The first-order valence-electron chi connectivity index (χ1n) is 6.88. The van der Waals surface area contributed by atoms with Crippen LogP contribution in [0.2, 0.25) is 0 Å². The fraction of sp³-hybridized carbons (Fsp3) is 0.400. The van der Waals surface area contributed by atoms with Crippen LogP contribution in [0.5, 0.6) is 0 Å². The standard InChI is InChI=1S/C15H20N4/c1-3-18-11-16-9-13(18)10-19-12(2)8-17-14-6-4-5-7-15(14)19/h4-7,9,11-12,17H,3,8,10H2,1-2H3. The molecule has 0 saturated heterocycles. The van der Waals surface area contributed by atoms with Crippen LogP contribution in [0.3, 0.4) is 0 Å². The lowest BCUT2D eigenvalue weighted by Gasteiger charge is -2.37. The van der Waals surface area contributed by atoms with E-state index in [0.717, 1.165) is 19.6 Å². The topological polar surface area (TPSA) is 33.1 Å². The number of benzene rings is 1. The Morgan fingerprint density at radius 2 is 2.21 bits per heavy atom. The summed E-state index contributed by atoms with van der Waals surface area (Å²) in [6.07, 6.45) is 3.88. The number of nitrogens with zero attached hydrogens (tertiary/aromatic N) is 3. The quantitative estimate of drug-likeness (QED) is 0.916. The lowest BCUT2D eigenvalue weighted by molar-refractivity contribution is 0.610. The van der Waals surface area contributed by atoms with Gasteiger partial charge in [0.05, 0.1) is 29.9 Å². The molecule has 3 rings (SSSR count). The van der Waals surface area contributed by atoms with Crippen molar-refractivity contribution in [3.8, 4) is 0 Å². The van der Waals surface area contributed by atoms with Crippen molar-refractivity contribution in [2.75, 3.05) is 16.8 Å². The average molecular weight is 256 g/mol. The number of fused-ring (bicyclic) bond motifs is 1. The molecule has 4 heteroatoms. The lowest BCUT2D eigenvalue weighted by atomic mass is 10.1. The zero-order chi connectivity index (χ0) is 13.2. The predicted molar refractivity (Wildman–Crippen MR) is 78.5 cm³/mol. The molecule has 1 aromatic carbocycles. The third-order valence-electron chi connectivity index (χ3n) is 3.81. The summed E-state index contributed by atoms with van der Waals surface area (Å²) in [4.78, 5) is 6.71. The van der Waals surface area contributed by atoms with Crippen LogP contribution in [-0.2, 0) is 13.1 Å². The van der Waals surface area contributed by atoms with E-state index in [0.29, 0.717) is 6.04 Å². The summed E-state index contributed by atoms with van der Waals surface area (Å²) in [6.45, 7) is 7.28. The Labute approximate surface area is 114 Å². The molecule has 100 valence electrons. The molecular weight excluding hydrogens is 236 g/mol. The molecule has 1 N–H and O–H groups in total. The van der Waals surface area contributed by atoms with Crippen molar-refractivity contribution in [2.24, 2.45) is 0 Å². The SMILES string of the molecule is CCn1cncc1CN1c2ccccc2NCC1C. The minimum Gasteiger partial charge on any atom is -0.381 e. The molecule has 1 aliphatic rings. The molecule has 0 aliphatic carbocycles. The molecule has 0 radical (unpaired) electrons. The van der Waals surface area contributed by atoms with E-state index >= 15 is 0 Å². The highest BCUT2D eigenvalue weighted by Gasteiger charge is 2.23. The highest BCUT2D eigenvalue weighted by Crippen LogP contribution is 2.32. The van der Waals surface area contributed by atoms with Gasteiger partial charge in [-0.2, -0.15) is 0 Å². The summed E-state index contributed by atoms with van der Waals surface area (Å²) in [7, 11) is 0. The second-order valence-corrected chi connectivity index (χ2v) is 5.05. The van der Waals surface area contributed by atoms with Gasteiger partial charge >= 0.3 is 0 Å². The number of para-hydroxylation sites is 2. The van der Waals surface area contributed by atoms with Crippen molar-refractivity contribution >= 4 is 11.4 Å². The molecule has 4 nitrogen and oxygen atoms in total. The first-order chi connectivity index (χ1) is 9.29. The average Bonchev–Trinajstić information content (AvgIpc) is 2.89. The highest BCUT2D eigenvalue weighted by molar-refractivity contribution is 5.72. The molecule has 1 aliphatic heterocycles. The molecule has 0 amide bonds. The van der Waals surface area contributed by atoms with Gasteiger partial charge in [0, 0.05) is 25.3 Å². The van der Waals surface area contributed by atoms with Gasteiger partial charge in [0.25, 0.3) is 0 Å². The highest BCUT2D eigenvalue weighted by atomic mass is 15.2. The maximum Gasteiger partial charge on any atom is 0.0948 e. The van der Waals surface area contributed by atoms with Crippen molar-refractivity contribution in [2.45, 2.75) is 33.0 Å². The van der Waals surface area contributed by atoms with Crippen LogP contribution in [-0.4, -0.2) is 22.1 Å². The first-order valence-corrected chi connectivity index (χ1v) is 6.88. The Bertz CT molecular complexity index is 561. The van der Waals surface area contributed by atoms with Gasteiger partial charge in [-0.1, -0.05) is 12.1 Å². The van der Waals surface area contributed by atoms with E-state index in [9.17, 15) is 0 Å². The number of nitrogens with one attached hydrogen (secondary N) is 1. The zero-order valence-electron chi connectivity index (χ0n) is 11.5. The van der Waals surface area contributed by atoms with E-state index in [4.69, 9.17) is 0 Å².